The van der Waals surface area contributed by atoms with Crippen LogP contribution in [0.2, 0.25) is 0 Å². The predicted molar refractivity (Wildman–Crippen MR) is 64.1 cm³/mol. The smallest absolute Gasteiger partial charge is 0.246 e. The Hall–Kier alpha value is -0.610. The van der Waals surface area contributed by atoms with Crippen LogP contribution >= 0.6 is 0 Å². The molecule has 0 aliphatic heterocycles. The Labute approximate surface area is 97.9 Å². The Morgan fingerprint density at radius 2 is 2.31 bits per heavy atom. The highest BCUT2D eigenvalue weighted by atomic mass is 16.5. The molecule has 0 aromatic heterocycles. The molecule has 0 heterocycles. The van der Waals surface area contributed by atoms with E-state index in [0.29, 0.717) is 0 Å². The van der Waals surface area contributed by atoms with E-state index in [1.165, 1.54) is 0 Å². The molecule has 4 nitrogen and oxygen atoms in total. The molecule has 0 saturated heterocycles. The topological polar surface area (TPSA) is 64.3 Å². The largest absolute Gasteiger partial charge is 0.368 e. The number of nitrogens with two attached hydrogens (primary N) is 1. The molecule has 1 aliphatic rings. The van der Waals surface area contributed by atoms with Crippen molar-refractivity contribution < 1.29 is 9.53 Å². The van der Waals surface area contributed by atoms with E-state index in [4.69, 9.17) is 10.5 Å². The summed E-state index contributed by atoms with van der Waals surface area (Å²) in [5.74, 6) is -0.0126. The summed E-state index contributed by atoms with van der Waals surface area (Å²) in [5.41, 5.74) is 5.77. The average molecular weight is 228 g/mol. The molecule has 0 radical (unpaired) electrons. The number of ether oxygens (including phenoxy) is 1. The molecule has 3 atom stereocenters. The summed E-state index contributed by atoms with van der Waals surface area (Å²) in [6.45, 7) is 4.30. The monoisotopic (exact) mass is 228 g/mol. The lowest BCUT2D eigenvalue weighted by molar-refractivity contribution is -0.128. The summed E-state index contributed by atoms with van der Waals surface area (Å²) in [7, 11) is 0. The van der Waals surface area contributed by atoms with Crippen LogP contribution in [0.5, 0.6) is 0 Å². The van der Waals surface area contributed by atoms with Gasteiger partial charge < -0.3 is 15.8 Å². The van der Waals surface area contributed by atoms with Crippen molar-refractivity contribution in [1.29, 1.82) is 0 Å². The van der Waals surface area contributed by atoms with Crippen molar-refractivity contribution in [3.8, 4) is 0 Å². The molecular formula is C12H24N2O2. The van der Waals surface area contributed by atoms with Gasteiger partial charge in [0.05, 0.1) is 6.10 Å². The van der Waals surface area contributed by atoms with Gasteiger partial charge in [0, 0.05) is 12.1 Å². The first-order chi connectivity index (χ1) is 7.61. The summed E-state index contributed by atoms with van der Waals surface area (Å²) in [6.07, 6.45) is 5.16. The highest BCUT2D eigenvalue weighted by Gasteiger charge is 2.22. The Morgan fingerprint density at radius 1 is 1.56 bits per heavy atom. The van der Waals surface area contributed by atoms with Gasteiger partial charge in [-0.2, -0.15) is 0 Å². The highest BCUT2D eigenvalue weighted by molar-refractivity contribution is 5.77. The molecule has 0 bridgehead atoms. The number of rotatable bonds is 6. The Balaban J connectivity index is 2.10. The SMILES string of the molecule is CCCC(C)NC(=O)COC1CCC(N)C1. The summed E-state index contributed by atoms with van der Waals surface area (Å²) >= 11 is 0. The fourth-order valence-corrected chi connectivity index (χ4v) is 2.14. The van der Waals surface area contributed by atoms with E-state index in [9.17, 15) is 4.79 Å². The Kier molecular flexibility index (Phi) is 5.77. The standard InChI is InChI=1S/C12H24N2O2/c1-3-4-9(2)14-12(15)8-16-11-6-5-10(13)7-11/h9-11H,3-8,13H2,1-2H3,(H,14,15). The second-order valence-electron chi connectivity index (χ2n) is 4.76. The van der Waals surface area contributed by atoms with Gasteiger partial charge in [-0.05, 0) is 32.6 Å². The van der Waals surface area contributed by atoms with Gasteiger partial charge in [0.25, 0.3) is 0 Å². The molecule has 1 saturated carbocycles. The average Bonchev–Trinajstić information content (AvgIpc) is 2.61. The molecule has 0 spiro atoms. The van der Waals surface area contributed by atoms with Gasteiger partial charge in [0.15, 0.2) is 0 Å². The number of amides is 1. The van der Waals surface area contributed by atoms with Crippen molar-refractivity contribution in [2.24, 2.45) is 5.73 Å². The Morgan fingerprint density at radius 3 is 2.88 bits per heavy atom. The van der Waals surface area contributed by atoms with E-state index >= 15 is 0 Å². The zero-order valence-electron chi connectivity index (χ0n) is 10.4. The summed E-state index contributed by atoms with van der Waals surface area (Å²) in [6, 6.07) is 0.499. The maximum absolute atomic E-state index is 11.5. The molecular weight excluding hydrogens is 204 g/mol. The maximum atomic E-state index is 11.5. The van der Waals surface area contributed by atoms with Crippen molar-refractivity contribution in [3.63, 3.8) is 0 Å². The molecule has 1 fully saturated rings. The minimum Gasteiger partial charge on any atom is -0.368 e. The summed E-state index contributed by atoms with van der Waals surface area (Å²) in [5, 5.41) is 2.92. The van der Waals surface area contributed by atoms with Gasteiger partial charge in [0.2, 0.25) is 5.91 Å². The minimum atomic E-state index is -0.0126. The number of hydrogen-bond acceptors (Lipinski definition) is 3. The number of carbonyl (C=O) groups is 1. The lowest BCUT2D eigenvalue weighted by atomic mass is 10.2. The Bertz CT molecular complexity index is 221. The van der Waals surface area contributed by atoms with Crippen molar-refractivity contribution in [3.05, 3.63) is 0 Å². The first kappa shape index (κ1) is 13.5. The number of carbonyl (C=O) groups excluding carboxylic acids is 1. The summed E-state index contributed by atoms with van der Waals surface area (Å²) < 4.78 is 5.52. The van der Waals surface area contributed by atoms with Gasteiger partial charge in [0.1, 0.15) is 6.61 Å². The maximum Gasteiger partial charge on any atom is 0.246 e. The van der Waals surface area contributed by atoms with Crippen LogP contribution < -0.4 is 11.1 Å². The fourth-order valence-electron chi connectivity index (χ4n) is 2.14. The van der Waals surface area contributed by atoms with Crippen LogP contribution in [0.1, 0.15) is 46.0 Å². The van der Waals surface area contributed by atoms with E-state index in [-0.39, 0.29) is 30.7 Å². The van der Waals surface area contributed by atoms with Gasteiger partial charge in [-0.1, -0.05) is 13.3 Å². The van der Waals surface area contributed by atoms with Crippen LogP contribution in [0.15, 0.2) is 0 Å². The van der Waals surface area contributed by atoms with Crippen molar-refractivity contribution >= 4 is 5.91 Å². The van der Waals surface area contributed by atoms with E-state index in [2.05, 4.69) is 12.2 Å². The molecule has 1 rings (SSSR count). The van der Waals surface area contributed by atoms with E-state index in [1.807, 2.05) is 6.92 Å². The van der Waals surface area contributed by atoms with Crippen LogP contribution in [-0.2, 0) is 9.53 Å². The second-order valence-corrected chi connectivity index (χ2v) is 4.76. The van der Waals surface area contributed by atoms with Crippen molar-refractivity contribution in [2.75, 3.05) is 6.61 Å². The van der Waals surface area contributed by atoms with Gasteiger partial charge in [-0.15, -0.1) is 0 Å². The highest BCUT2D eigenvalue weighted by Crippen LogP contribution is 2.19. The van der Waals surface area contributed by atoms with Gasteiger partial charge in [-0.25, -0.2) is 0 Å². The molecule has 0 aromatic rings. The zero-order chi connectivity index (χ0) is 12.0. The lowest BCUT2D eigenvalue weighted by Crippen LogP contribution is -2.36. The van der Waals surface area contributed by atoms with Crippen LogP contribution in [0.4, 0.5) is 0 Å². The molecule has 94 valence electrons. The van der Waals surface area contributed by atoms with Crippen molar-refractivity contribution in [2.45, 2.75) is 64.1 Å². The normalized spacial score (nSPS) is 26.7. The quantitative estimate of drug-likeness (QED) is 0.717. The third-order valence-corrected chi connectivity index (χ3v) is 3.00. The second kappa shape index (κ2) is 6.86. The molecule has 4 heteroatoms. The van der Waals surface area contributed by atoms with Crippen LogP contribution in [-0.4, -0.2) is 30.7 Å². The number of hydrogen-bond donors (Lipinski definition) is 2. The fraction of sp³-hybridized carbons (Fsp3) is 0.917. The van der Waals surface area contributed by atoms with Crippen LogP contribution in [0.3, 0.4) is 0 Å². The van der Waals surface area contributed by atoms with Crippen LogP contribution in [0, 0.1) is 0 Å². The third kappa shape index (κ3) is 4.94. The van der Waals surface area contributed by atoms with Crippen molar-refractivity contribution in [1.82, 2.24) is 5.32 Å². The zero-order valence-corrected chi connectivity index (χ0v) is 10.4. The minimum absolute atomic E-state index is 0.0126. The molecule has 3 N–H and O–H groups in total. The molecule has 3 unspecified atom stereocenters. The molecule has 0 aromatic carbocycles. The van der Waals surface area contributed by atoms with Gasteiger partial charge in [-0.3, -0.25) is 4.79 Å². The van der Waals surface area contributed by atoms with Crippen LogP contribution in [0.25, 0.3) is 0 Å². The first-order valence-corrected chi connectivity index (χ1v) is 6.28. The number of nitrogens with one attached hydrogen (secondary N) is 1. The van der Waals surface area contributed by atoms with E-state index < -0.39 is 0 Å². The molecule has 16 heavy (non-hydrogen) atoms. The van der Waals surface area contributed by atoms with E-state index in [1.54, 1.807) is 0 Å². The molecule has 1 amide bonds. The van der Waals surface area contributed by atoms with Gasteiger partial charge >= 0.3 is 0 Å². The third-order valence-electron chi connectivity index (χ3n) is 3.00. The molecule has 1 aliphatic carbocycles. The summed E-state index contributed by atoms with van der Waals surface area (Å²) in [4.78, 5) is 11.5. The lowest BCUT2D eigenvalue weighted by Gasteiger charge is -2.15. The predicted octanol–water partition coefficient (Wildman–Crippen LogP) is 1.19. The van der Waals surface area contributed by atoms with E-state index in [0.717, 1.165) is 32.1 Å². The first-order valence-electron chi connectivity index (χ1n) is 6.28.